The molecule has 20 nitrogen and oxygen atoms in total. The van der Waals surface area contributed by atoms with E-state index in [9.17, 15) is 23.9 Å². The number of H-pyrrole nitrogens is 1. The van der Waals surface area contributed by atoms with Gasteiger partial charge < -0.3 is 35.5 Å². The van der Waals surface area contributed by atoms with Gasteiger partial charge >= 0.3 is 14.6 Å². The second-order valence-corrected chi connectivity index (χ2v) is 16.6. The number of ether oxygens (including phenoxy) is 2. The fourth-order valence-corrected chi connectivity index (χ4v) is 9.79. The van der Waals surface area contributed by atoms with Crippen molar-refractivity contribution in [2.75, 3.05) is 31.8 Å². The van der Waals surface area contributed by atoms with E-state index in [1.165, 1.54) is 19.8 Å². The third-order valence-corrected chi connectivity index (χ3v) is 12.1. The second-order valence-electron chi connectivity index (χ2n) is 11.5. The first-order valence-corrected chi connectivity index (χ1v) is 18.9. The fraction of sp³-hybridized carbons (Fsp3) is 0.565. The van der Waals surface area contributed by atoms with Gasteiger partial charge in [0.1, 0.15) is 54.0 Å². The summed E-state index contributed by atoms with van der Waals surface area (Å²) in [7, 11) is -3.62. The molecule has 0 aromatic carbocycles. The van der Waals surface area contributed by atoms with Crippen molar-refractivity contribution in [1.82, 2.24) is 33.9 Å². The molecule has 1 unspecified atom stereocenters. The molecule has 3 fully saturated rings. The highest BCUT2D eigenvalue weighted by Crippen LogP contribution is 2.60. The molecule has 0 spiro atoms. The average Bonchev–Trinajstić information content (AvgIpc) is 3.76. The molecule has 4 aromatic heterocycles. The first-order valence-electron chi connectivity index (χ1n) is 14.0. The SMILES string of the molecule is CO[C@H]1[C@H]2OP(=O)(O)OC[C@H]3C[C@@](C)(n4cnc5c(N)ncnc54)[C@H](O)[C@@H]3O[P@@](=O)(S)OC[C@H]1O[C@H]2c1snc2c(=O)[nH]c(N)nc12. The number of phosphoric acid groups is 1. The molecule has 47 heavy (non-hydrogen) atoms. The molecule has 0 radical (unpaired) electrons. The van der Waals surface area contributed by atoms with Gasteiger partial charge in [0.05, 0.1) is 30.0 Å². The number of hydrogen-bond donors (Lipinski definition) is 6. The molecular formula is C23H29N9O11P2S2. The van der Waals surface area contributed by atoms with Crippen LogP contribution >= 0.6 is 38.4 Å². The van der Waals surface area contributed by atoms with Crippen molar-refractivity contribution in [3.8, 4) is 0 Å². The summed E-state index contributed by atoms with van der Waals surface area (Å²) >= 11 is 5.02. The molecule has 2 saturated heterocycles. The fourth-order valence-electron chi connectivity index (χ4n) is 6.41. The summed E-state index contributed by atoms with van der Waals surface area (Å²) in [5.74, 6) is -0.915. The number of thiol groups is 1. The van der Waals surface area contributed by atoms with Crippen molar-refractivity contribution in [2.24, 2.45) is 5.92 Å². The quantitative estimate of drug-likeness (QED) is 0.126. The zero-order chi connectivity index (χ0) is 33.5. The minimum absolute atomic E-state index is 0.0324. The van der Waals surface area contributed by atoms with Crippen LogP contribution in [0.1, 0.15) is 24.3 Å². The molecule has 7 N–H and O–H groups in total. The van der Waals surface area contributed by atoms with Crippen LogP contribution in [0.5, 0.6) is 0 Å². The molecule has 10 atom stereocenters. The lowest BCUT2D eigenvalue weighted by atomic mass is 9.96. The first-order chi connectivity index (χ1) is 22.2. The smallest absolute Gasteiger partial charge is 0.388 e. The van der Waals surface area contributed by atoms with Gasteiger partial charge in [-0.1, -0.05) is 12.2 Å². The summed E-state index contributed by atoms with van der Waals surface area (Å²) < 4.78 is 67.3. The molecule has 6 heterocycles. The van der Waals surface area contributed by atoms with E-state index < -0.39 is 81.5 Å². The topological polar surface area (TPSA) is 284 Å². The second kappa shape index (κ2) is 11.8. The van der Waals surface area contributed by atoms with E-state index in [0.717, 1.165) is 11.5 Å². The number of nitrogen functional groups attached to an aromatic ring is 2. The van der Waals surface area contributed by atoms with Crippen molar-refractivity contribution in [2.45, 2.75) is 55.5 Å². The highest BCUT2D eigenvalue weighted by atomic mass is 32.7. The minimum atomic E-state index is -4.93. The lowest BCUT2D eigenvalue weighted by Crippen LogP contribution is -2.42. The van der Waals surface area contributed by atoms with Crippen molar-refractivity contribution < 1.29 is 46.7 Å². The molecule has 2 bridgehead atoms. The number of imidazole rings is 1. The lowest BCUT2D eigenvalue weighted by Gasteiger charge is -2.32. The number of fused-ring (bicyclic) bond motifs is 5. The van der Waals surface area contributed by atoms with Gasteiger partial charge in [0.2, 0.25) is 5.95 Å². The van der Waals surface area contributed by atoms with Gasteiger partial charge in [-0.3, -0.25) is 27.9 Å². The number of hydrogen-bond acceptors (Lipinski definition) is 18. The number of phosphoric ester groups is 1. The van der Waals surface area contributed by atoms with Gasteiger partial charge in [-0.15, -0.1) is 0 Å². The predicted octanol–water partition coefficient (Wildman–Crippen LogP) is 0.890. The average molecular weight is 734 g/mol. The van der Waals surface area contributed by atoms with Gasteiger partial charge in [0.15, 0.2) is 17.0 Å². The summed E-state index contributed by atoms with van der Waals surface area (Å²) in [6.07, 6.45) is -4.62. The van der Waals surface area contributed by atoms with E-state index in [2.05, 4.69) is 41.5 Å². The summed E-state index contributed by atoms with van der Waals surface area (Å²) in [6, 6.07) is 0. The summed E-state index contributed by atoms with van der Waals surface area (Å²) in [5.41, 5.74) is 10.6. The molecule has 0 amide bonds. The molecule has 4 aromatic rings. The van der Waals surface area contributed by atoms with E-state index in [1.807, 2.05) is 0 Å². The number of methoxy groups -OCH3 is 1. The van der Waals surface area contributed by atoms with Crippen LogP contribution in [0.25, 0.3) is 22.2 Å². The van der Waals surface area contributed by atoms with Crippen LogP contribution < -0.4 is 17.0 Å². The highest BCUT2D eigenvalue weighted by Gasteiger charge is 2.57. The molecule has 1 aliphatic carbocycles. The number of aliphatic hydroxyl groups is 1. The largest absolute Gasteiger partial charge is 0.472 e. The number of anilines is 2. The van der Waals surface area contributed by atoms with Crippen LogP contribution in [0.4, 0.5) is 11.8 Å². The van der Waals surface area contributed by atoms with Crippen molar-refractivity contribution in [3.05, 3.63) is 27.9 Å². The van der Waals surface area contributed by atoms with Crippen LogP contribution in [0.2, 0.25) is 0 Å². The Bertz CT molecular complexity index is 2010. The van der Waals surface area contributed by atoms with E-state index in [0.29, 0.717) is 11.2 Å². The Labute approximate surface area is 273 Å². The molecule has 1 saturated carbocycles. The van der Waals surface area contributed by atoms with Gasteiger partial charge in [-0.25, -0.2) is 29.1 Å². The van der Waals surface area contributed by atoms with Gasteiger partial charge in [-0.05, 0) is 24.9 Å². The Morgan fingerprint density at radius 3 is 2.70 bits per heavy atom. The van der Waals surface area contributed by atoms with Crippen molar-refractivity contribution in [3.63, 3.8) is 0 Å². The van der Waals surface area contributed by atoms with Gasteiger partial charge in [0.25, 0.3) is 5.56 Å². The highest BCUT2D eigenvalue weighted by molar-refractivity contribution is 8.44. The molecule has 24 heteroatoms. The maximum atomic E-state index is 13.7. The number of aliphatic hydroxyl groups excluding tert-OH is 1. The maximum Gasteiger partial charge on any atom is 0.472 e. The first kappa shape index (κ1) is 32.9. The number of rotatable bonds is 3. The van der Waals surface area contributed by atoms with E-state index in [-0.39, 0.29) is 34.1 Å². The maximum absolute atomic E-state index is 13.7. The minimum Gasteiger partial charge on any atom is -0.388 e. The number of nitrogens with two attached hydrogens (primary N) is 2. The predicted molar refractivity (Wildman–Crippen MR) is 166 cm³/mol. The monoisotopic (exact) mass is 733 g/mol. The zero-order valence-corrected chi connectivity index (χ0v) is 28.0. The van der Waals surface area contributed by atoms with Crippen LogP contribution in [0, 0.1) is 5.92 Å². The zero-order valence-electron chi connectivity index (χ0n) is 24.5. The normalized spacial score (nSPS) is 38.2. The molecule has 254 valence electrons. The third kappa shape index (κ3) is 5.69. The molecule has 2 aliphatic heterocycles. The van der Waals surface area contributed by atoms with Crippen molar-refractivity contribution >= 4 is 72.4 Å². The van der Waals surface area contributed by atoms with E-state index in [4.69, 9.17) is 39.0 Å². The number of nitrogens with one attached hydrogen (secondary N) is 1. The van der Waals surface area contributed by atoms with E-state index in [1.54, 1.807) is 11.5 Å². The Morgan fingerprint density at radius 1 is 1.15 bits per heavy atom. The van der Waals surface area contributed by atoms with Crippen LogP contribution in [0.15, 0.2) is 17.4 Å². The van der Waals surface area contributed by atoms with Gasteiger partial charge in [0, 0.05) is 13.0 Å². The van der Waals surface area contributed by atoms with E-state index >= 15 is 0 Å². The number of aromatic nitrogens is 7. The Hall–Kier alpha value is -2.59. The summed E-state index contributed by atoms with van der Waals surface area (Å²) in [4.78, 5) is 42.7. The van der Waals surface area contributed by atoms with Crippen molar-refractivity contribution in [1.29, 1.82) is 0 Å². The Balaban J connectivity index is 1.24. The van der Waals surface area contributed by atoms with Gasteiger partial charge in [-0.2, -0.15) is 4.37 Å². The third-order valence-electron chi connectivity index (χ3n) is 8.59. The molecule has 3 aliphatic rings. The Morgan fingerprint density at radius 2 is 1.94 bits per heavy atom. The molecule has 7 rings (SSSR count). The van der Waals surface area contributed by atoms with Crippen LogP contribution in [0.3, 0.4) is 0 Å². The number of aromatic amines is 1. The summed E-state index contributed by atoms with van der Waals surface area (Å²) in [6.45, 7) is -3.54. The summed E-state index contributed by atoms with van der Waals surface area (Å²) in [5, 5.41) is 11.7. The van der Waals surface area contributed by atoms with Crippen LogP contribution in [-0.4, -0.2) is 94.7 Å². The lowest BCUT2D eigenvalue weighted by molar-refractivity contribution is -0.0392. The standard InChI is InChI=1S/C23H29N9O11P2S2/c1-23(32-7-28-12-19(24)26-6-27-20(12)32)3-8-4-39-44(35,36)42-15-14(38-2)9(5-40-45(37,46)43-13(8)18(23)33)41-16(15)17-10-11(31-47-17)21(34)30-22(25)29-10/h6-9,13-16,18,33H,3-5H2,1-2H3,(H,35,36)(H,37,46)(H2,24,26,27)(H3,25,29,30,34)/t8-,9-,13-,14-,15-,16-,18-,23-,45+/m1/s1. The Kier molecular flexibility index (Phi) is 8.25. The molecular weight excluding hydrogens is 704 g/mol. The number of nitrogens with zero attached hydrogens (tertiary/aromatic N) is 6. The van der Waals surface area contributed by atoms with Crippen LogP contribution in [-0.2, 0) is 42.2 Å².